The lowest BCUT2D eigenvalue weighted by Gasteiger charge is -2.22. The molecule has 2 heterocycles. The maximum absolute atomic E-state index is 12.7. The van der Waals surface area contributed by atoms with Crippen LogP contribution in [-0.4, -0.2) is 67.6 Å². The number of carboxylic acids is 1. The first-order chi connectivity index (χ1) is 17.8. The van der Waals surface area contributed by atoms with Crippen LogP contribution in [0.5, 0.6) is 0 Å². The molecule has 1 amide bonds. The van der Waals surface area contributed by atoms with Crippen molar-refractivity contribution in [1.29, 1.82) is 0 Å². The fourth-order valence-corrected chi connectivity index (χ4v) is 5.05. The fourth-order valence-electron chi connectivity index (χ4n) is 3.84. The first-order valence-corrected chi connectivity index (χ1v) is 13.2. The van der Waals surface area contributed by atoms with Gasteiger partial charge in [-0.05, 0) is 49.9 Å². The van der Waals surface area contributed by atoms with Crippen molar-refractivity contribution < 1.29 is 23.1 Å². The van der Waals surface area contributed by atoms with E-state index in [4.69, 9.17) is 0 Å². The van der Waals surface area contributed by atoms with Gasteiger partial charge in [-0.2, -0.15) is 9.82 Å². The summed E-state index contributed by atoms with van der Waals surface area (Å²) in [7, 11) is -4.07. The molecule has 1 aliphatic heterocycles. The summed E-state index contributed by atoms with van der Waals surface area (Å²) in [6.07, 6.45) is 5.55. The highest BCUT2D eigenvalue weighted by Gasteiger charge is 2.26. The average molecular weight is 528 g/mol. The molecule has 37 heavy (non-hydrogen) atoms. The van der Waals surface area contributed by atoms with Gasteiger partial charge < -0.3 is 15.7 Å². The van der Waals surface area contributed by atoms with Gasteiger partial charge in [-0.15, -0.1) is 0 Å². The van der Waals surface area contributed by atoms with Gasteiger partial charge in [-0.1, -0.05) is 30.3 Å². The molecular formula is C24H29N7O5S. The summed E-state index contributed by atoms with van der Waals surface area (Å²) in [5.41, 5.74) is 1.85. The molecule has 12 nitrogen and oxygen atoms in total. The van der Waals surface area contributed by atoms with E-state index in [2.05, 4.69) is 36.2 Å². The van der Waals surface area contributed by atoms with Gasteiger partial charge in [0, 0.05) is 24.0 Å². The zero-order valence-electron chi connectivity index (χ0n) is 19.9. The number of rotatable bonds is 12. The van der Waals surface area contributed by atoms with E-state index in [1.165, 1.54) is 24.3 Å². The standard InChI is InChI=1S/C24H29N7O5S/c32-22(28-15-21(23(33)34)31-37(35,36)17-6-2-1-3-7-17)16-9-10-18-19(29-30-20(18)14-16)8-4-11-25-24-26-12-5-13-27-24/h1-3,5-7,9-10,12,14,21,24-27,31H,4,8,11,13,15H2,(H,28,32)(H,29,30)(H,33,34). The molecule has 0 radical (unpaired) electrons. The van der Waals surface area contributed by atoms with Gasteiger partial charge >= 0.3 is 5.97 Å². The van der Waals surface area contributed by atoms with Crippen LogP contribution in [0.1, 0.15) is 22.5 Å². The van der Waals surface area contributed by atoms with Gasteiger partial charge in [0.05, 0.1) is 16.1 Å². The van der Waals surface area contributed by atoms with Crippen molar-refractivity contribution in [3.8, 4) is 0 Å². The molecule has 0 saturated carbocycles. The molecule has 13 heteroatoms. The van der Waals surface area contributed by atoms with Crippen molar-refractivity contribution in [2.75, 3.05) is 19.6 Å². The minimum absolute atomic E-state index is 0.0383. The van der Waals surface area contributed by atoms with Crippen molar-refractivity contribution in [1.82, 2.24) is 36.2 Å². The van der Waals surface area contributed by atoms with Crippen LogP contribution in [-0.2, 0) is 21.2 Å². The predicted octanol–water partition coefficient (Wildman–Crippen LogP) is 0.237. The van der Waals surface area contributed by atoms with Crippen LogP contribution in [0.4, 0.5) is 0 Å². The Hall–Kier alpha value is -3.78. The summed E-state index contributed by atoms with van der Waals surface area (Å²) >= 11 is 0. The molecule has 196 valence electrons. The topological polar surface area (TPSA) is 177 Å². The number of hydrogen-bond donors (Lipinski definition) is 7. The van der Waals surface area contributed by atoms with Crippen LogP contribution in [0, 0.1) is 0 Å². The fraction of sp³-hybridized carbons (Fsp3) is 0.292. The van der Waals surface area contributed by atoms with E-state index < -0.39 is 34.5 Å². The minimum Gasteiger partial charge on any atom is -0.480 e. The number of H-pyrrole nitrogens is 1. The zero-order valence-corrected chi connectivity index (χ0v) is 20.7. The van der Waals surface area contributed by atoms with Gasteiger partial charge in [-0.25, -0.2) is 8.42 Å². The Kier molecular flexibility index (Phi) is 8.50. The lowest BCUT2D eigenvalue weighted by molar-refractivity contribution is -0.138. The number of nitrogens with one attached hydrogen (secondary N) is 6. The van der Waals surface area contributed by atoms with Crippen molar-refractivity contribution in [2.24, 2.45) is 0 Å². The van der Waals surface area contributed by atoms with Crippen molar-refractivity contribution in [3.63, 3.8) is 0 Å². The number of hydrogen-bond acceptors (Lipinski definition) is 8. The number of amides is 1. The molecule has 0 saturated heterocycles. The van der Waals surface area contributed by atoms with Gasteiger partial charge in [0.25, 0.3) is 5.91 Å². The third-order valence-electron chi connectivity index (χ3n) is 5.78. The Labute approximate surface area is 214 Å². The second-order valence-corrected chi connectivity index (χ2v) is 10.1. The third kappa shape index (κ3) is 6.92. The summed E-state index contributed by atoms with van der Waals surface area (Å²) in [5.74, 6) is -1.94. The molecular weight excluding hydrogens is 498 g/mol. The molecule has 2 aromatic carbocycles. The number of aliphatic carboxylic acids is 1. The van der Waals surface area contributed by atoms with Crippen LogP contribution in [0.2, 0.25) is 0 Å². The number of carbonyl (C=O) groups excluding carboxylic acids is 1. The molecule has 0 fully saturated rings. The van der Waals surface area contributed by atoms with Gasteiger partial charge in [0.1, 0.15) is 12.3 Å². The SMILES string of the molecule is O=C(NCC(NS(=O)(=O)c1ccccc1)C(=O)O)c1ccc2c(CCCNC3NC=CCN3)n[nH]c2c1. The summed E-state index contributed by atoms with van der Waals surface area (Å²) in [5, 5.41) is 30.0. The number of benzene rings is 2. The van der Waals surface area contributed by atoms with Crippen LogP contribution < -0.4 is 26.0 Å². The van der Waals surface area contributed by atoms with E-state index in [0.717, 1.165) is 37.0 Å². The zero-order chi connectivity index (χ0) is 26.3. The first-order valence-electron chi connectivity index (χ1n) is 11.8. The van der Waals surface area contributed by atoms with E-state index in [1.54, 1.807) is 24.3 Å². The average Bonchev–Trinajstić information content (AvgIpc) is 3.32. The van der Waals surface area contributed by atoms with E-state index >= 15 is 0 Å². The summed E-state index contributed by atoms with van der Waals surface area (Å²) in [6, 6.07) is 10.9. The maximum atomic E-state index is 12.7. The number of aryl methyl sites for hydroxylation is 1. The van der Waals surface area contributed by atoms with Gasteiger partial charge in [0.2, 0.25) is 10.0 Å². The maximum Gasteiger partial charge on any atom is 0.323 e. The molecule has 3 aromatic rings. The predicted molar refractivity (Wildman–Crippen MR) is 137 cm³/mol. The highest BCUT2D eigenvalue weighted by atomic mass is 32.2. The third-order valence-corrected chi connectivity index (χ3v) is 7.27. The van der Waals surface area contributed by atoms with Crippen LogP contribution in [0.15, 0.2) is 65.7 Å². The van der Waals surface area contributed by atoms with Crippen molar-refractivity contribution in [3.05, 3.63) is 72.1 Å². The van der Waals surface area contributed by atoms with Crippen LogP contribution in [0.3, 0.4) is 0 Å². The van der Waals surface area contributed by atoms with Crippen LogP contribution >= 0.6 is 0 Å². The molecule has 2 unspecified atom stereocenters. The molecule has 2 atom stereocenters. The number of carbonyl (C=O) groups is 2. The molecule has 1 aliphatic rings. The van der Waals surface area contributed by atoms with Crippen LogP contribution in [0.25, 0.3) is 10.9 Å². The van der Waals surface area contributed by atoms with Crippen molar-refractivity contribution in [2.45, 2.75) is 30.1 Å². The van der Waals surface area contributed by atoms with E-state index in [1.807, 2.05) is 12.3 Å². The largest absolute Gasteiger partial charge is 0.480 e. The lowest BCUT2D eigenvalue weighted by atomic mass is 10.1. The summed E-state index contributed by atoms with van der Waals surface area (Å²) < 4.78 is 27.1. The van der Waals surface area contributed by atoms with Crippen molar-refractivity contribution >= 4 is 32.8 Å². The first kappa shape index (κ1) is 26.3. The van der Waals surface area contributed by atoms with Gasteiger partial charge in [-0.3, -0.25) is 25.3 Å². The summed E-state index contributed by atoms with van der Waals surface area (Å²) in [4.78, 5) is 24.2. The highest BCUT2D eigenvalue weighted by Crippen LogP contribution is 2.19. The van der Waals surface area contributed by atoms with E-state index in [-0.39, 0.29) is 11.2 Å². The number of carboxylic acid groups (broad SMARTS) is 1. The Balaban J connectivity index is 1.32. The Morgan fingerprint density at radius 2 is 1.97 bits per heavy atom. The quantitative estimate of drug-likeness (QED) is 0.163. The second kappa shape index (κ2) is 12.0. The second-order valence-electron chi connectivity index (χ2n) is 8.43. The normalized spacial score (nSPS) is 16.3. The van der Waals surface area contributed by atoms with E-state index in [9.17, 15) is 23.1 Å². The molecule has 1 aromatic heterocycles. The molecule has 7 N–H and O–H groups in total. The van der Waals surface area contributed by atoms with E-state index in [0.29, 0.717) is 11.1 Å². The number of aromatic amines is 1. The Morgan fingerprint density at radius 3 is 2.70 bits per heavy atom. The Morgan fingerprint density at radius 1 is 1.16 bits per heavy atom. The number of nitrogens with zero attached hydrogens (tertiary/aromatic N) is 1. The minimum atomic E-state index is -4.07. The molecule has 0 spiro atoms. The lowest BCUT2D eigenvalue weighted by Crippen LogP contribution is -2.53. The molecule has 0 bridgehead atoms. The molecule has 4 rings (SSSR count). The number of sulfonamides is 1. The number of fused-ring (bicyclic) bond motifs is 1. The highest BCUT2D eigenvalue weighted by molar-refractivity contribution is 7.89. The molecule has 0 aliphatic carbocycles. The smallest absolute Gasteiger partial charge is 0.323 e. The summed E-state index contributed by atoms with van der Waals surface area (Å²) in [6.45, 7) is 1.16. The number of aromatic nitrogens is 2. The Bertz CT molecular complexity index is 1370. The van der Waals surface area contributed by atoms with Gasteiger partial charge in [0.15, 0.2) is 0 Å². The monoisotopic (exact) mass is 527 g/mol.